The Hall–Kier alpha value is 0. The summed E-state index contributed by atoms with van der Waals surface area (Å²) in [6.45, 7) is 17.5. The predicted octanol–water partition coefficient (Wildman–Crippen LogP) is 10.2. The Morgan fingerprint density at radius 3 is 1.04 bits per heavy atom. The zero-order valence-corrected chi connectivity index (χ0v) is 19.8. The maximum atomic E-state index is 2.39. The molecule has 2 fully saturated rings. The van der Waals surface area contributed by atoms with Crippen LogP contribution < -0.4 is 0 Å². The fraction of sp³-hybridized carbons (Fsp3) is 1.00. The van der Waals surface area contributed by atoms with E-state index in [2.05, 4.69) is 41.5 Å². The summed E-state index contributed by atoms with van der Waals surface area (Å²) in [6, 6.07) is 0. The van der Waals surface area contributed by atoms with Crippen LogP contribution in [0.4, 0.5) is 0 Å². The van der Waals surface area contributed by atoms with Crippen molar-refractivity contribution in [2.75, 3.05) is 0 Å². The lowest BCUT2D eigenvalue weighted by molar-refractivity contribution is 0.423. The van der Waals surface area contributed by atoms with E-state index in [0.29, 0.717) is 0 Å². The third-order valence-corrected chi connectivity index (χ3v) is 4.66. The van der Waals surface area contributed by atoms with Gasteiger partial charge in [-0.1, -0.05) is 145 Å². The summed E-state index contributed by atoms with van der Waals surface area (Å²) in [7, 11) is 0. The normalized spacial score (nSPS) is 22.1. The molecule has 0 nitrogen and oxygen atoms in total. The molecule has 156 valence electrons. The van der Waals surface area contributed by atoms with Gasteiger partial charge < -0.3 is 0 Å². The van der Waals surface area contributed by atoms with Crippen LogP contribution in [0.3, 0.4) is 0 Å². The van der Waals surface area contributed by atoms with Crippen molar-refractivity contribution in [1.82, 2.24) is 0 Å². The summed E-state index contributed by atoms with van der Waals surface area (Å²) in [6.07, 6.45) is 21.7. The SMILES string of the molecule is C1CCCCC1.CC.CC1CCCCC(C)C1.CCC.CCCCC. The molecule has 2 atom stereocenters. The van der Waals surface area contributed by atoms with Crippen molar-refractivity contribution in [2.45, 2.75) is 152 Å². The number of hydrogen-bond acceptors (Lipinski definition) is 0. The average molecular weight is 357 g/mol. The molecule has 0 bridgehead atoms. The molecule has 0 amide bonds. The molecule has 0 aromatic carbocycles. The van der Waals surface area contributed by atoms with Gasteiger partial charge in [0.05, 0.1) is 0 Å². The summed E-state index contributed by atoms with van der Waals surface area (Å²) in [5.41, 5.74) is 0. The lowest BCUT2D eigenvalue weighted by Crippen LogP contribution is -1.97. The average Bonchev–Trinajstić information content (AvgIpc) is 2.83. The van der Waals surface area contributed by atoms with Gasteiger partial charge in [-0.05, 0) is 18.3 Å². The molecule has 0 heteroatoms. The Kier molecular flexibility index (Phi) is 34.3. The van der Waals surface area contributed by atoms with Gasteiger partial charge in [0.25, 0.3) is 0 Å². The Balaban J connectivity index is -0.000000267. The van der Waals surface area contributed by atoms with Crippen molar-refractivity contribution in [3.63, 3.8) is 0 Å². The van der Waals surface area contributed by atoms with Crippen molar-refractivity contribution >= 4 is 0 Å². The van der Waals surface area contributed by atoms with Gasteiger partial charge in [-0.25, -0.2) is 0 Å². The van der Waals surface area contributed by atoms with Crippen LogP contribution in [0.25, 0.3) is 0 Å². The van der Waals surface area contributed by atoms with Gasteiger partial charge in [-0.3, -0.25) is 0 Å². The molecule has 0 radical (unpaired) electrons. The van der Waals surface area contributed by atoms with E-state index in [1.807, 2.05) is 13.8 Å². The molecule has 0 aromatic heterocycles. The van der Waals surface area contributed by atoms with Crippen LogP contribution in [0.15, 0.2) is 0 Å². The quantitative estimate of drug-likeness (QED) is 0.431. The second-order valence-corrected chi connectivity index (χ2v) is 7.91. The summed E-state index contributed by atoms with van der Waals surface area (Å²) in [5.74, 6) is 2.00. The van der Waals surface area contributed by atoms with E-state index in [1.54, 1.807) is 0 Å². The summed E-state index contributed by atoms with van der Waals surface area (Å²) >= 11 is 0. The van der Waals surface area contributed by atoms with Crippen LogP contribution in [0, 0.1) is 11.8 Å². The first-order chi connectivity index (χ1) is 12.1. The lowest BCUT2D eigenvalue weighted by Gasteiger charge is -2.09. The van der Waals surface area contributed by atoms with Crippen molar-refractivity contribution in [1.29, 1.82) is 0 Å². The summed E-state index contributed by atoms with van der Waals surface area (Å²) in [5, 5.41) is 0. The van der Waals surface area contributed by atoms with Gasteiger partial charge in [0.2, 0.25) is 0 Å². The van der Waals surface area contributed by atoms with Gasteiger partial charge in [0.1, 0.15) is 0 Å². The molecule has 2 unspecified atom stereocenters. The van der Waals surface area contributed by atoms with Gasteiger partial charge in [0, 0.05) is 0 Å². The highest BCUT2D eigenvalue weighted by molar-refractivity contribution is 4.64. The van der Waals surface area contributed by atoms with Crippen molar-refractivity contribution in [2.24, 2.45) is 11.8 Å². The topological polar surface area (TPSA) is 0 Å². The monoisotopic (exact) mass is 356 g/mol. The molecular weight excluding hydrogens is 300 g/mol. The van der Waals surface area contributed by atoms with Crippen LogP contribution >= 0.6 is 0 Å². The van der Waals surface area contributed by atoms with Crippen LogP contribution in [0.2, 0.25) is 0 Å². The highest BCUT2D eigenvalue weighted by atomic mass is 14.2. The molecule has 2 aliphatic rings. The number of hydrogen-bond donors (Lipinski definition) is 0. The third-order valence-electron chi connectivity index (χ3n) is 4.66. The third kappa shape index (κ3) is 32.2. The molecule has 2 rings (SSSR count). The second-order valence-electron chi connectivity index (χ2n) is 7.91. The molecular formula is C25H56. The predicted molar refractivity (Wildman–Crippen MR) is 122 cm³/mol. The van der Waals surface area contributed by atoms with E-state index in [9.17, 15) is 0 Å². The Morgan fingerprint density at radius 1 is 0.560 bits per heavy atom. The second kappa shape index (κ2) is 28.8. The van der Waals surface area contributed by atoms with Crippen molar-refractivity contribution in [3.05, 3.63) is 0 Å². The van der Waals surface area contributed by atoms with E-state index in [1.165, 1.54) is 96.3 Å². The minimum atomic E-state index is 1.00. The maximum Gasteiger partial charge on any atom is -0.0440 e. The van der Waals surface area contributed by atoms with E-state index >= 15 is 0 Å². The minimum absolute atomic E-state index is 1.00. The smallest absolute Gasteiger partial charge is 0.0440 e. The minimum Gasteiger partial charge on any atom is -0.0683 e. The van der Waals surface area contributed by atoms with E-state index < -0.39 is 0 Å². The largest absolute Gasteiger partial charge is 0.0683 e. The molecule has 0 N–H and O–H groups in total. The number of rotatable bonds is 2. The Labute approximate surface area is 164 Å². The molecule has 0 aliphatic heterocycles. The van der Waals surface area contributed by atoms with Gasteiger partial charge >= 0.3 is 0 Å². The Morgan fingerprint density at radius 2 is 0.840 bits per heavy atom. The fourth-order valence-electron chi connectivity index (χ4n) is 3.32. The number of unbranched alkanes of at least 4 members (excludes halogenated alkanes) is 2. The standard InChI is InChI=1S/C9H18.C6H12.C5H12.C3H8.C2H6/c1-8-5-3-4-6-9(2)7-8;1-2-4-6-5-3-1;1-3-5-4-2;1-3-2;1-2/h8-9H,3-7H2,1-2H3;1-6H2;3-5H2,1-2H3;3H2,1-2H3;1-2H3. The molecule has 0 aromatic rings. The van der Waals surface area contributed by atoms with Crippen LogP contribution in [0.1, 0.15) is 152 Å². The molecule has 0 spiro atoms. The highest BCUT2D eigenvalue weighted by Gasteiger charge is 2.12. The summed E-state index contributed by atoms with van der Waals surface area (Å²) < 4.78 is 0. The zero-order valence-electron chi connectivity index (χ0n) is 19.8. The van der Waals surface area contributed by atoms with E-state index in [4.69, 9.17) is 0 Å². The molecule has 0 saturated heterocycles. The van der Waals surface area contributed by atoms with E-state index in [0.717, 1.165) is 11.8 Å². The van der Waals surface area contributed by atoms with Crippen molar-refractivity contribution < 1.29 is 0 Å². The fourth-order valence-corrected chi connectivity index (χ4v) is 3.32. The van der Waals surface area contributed by atoms with E-state index in [-0.39, 0.29) is 0 Å². The zero-order chi connectivity index (χ0) is 19.8. The van der Waals surface area contributed by atoms with Gasteiger partial charge in [-0.15, -0.1) is 0 Å². The van der Waals surface area contributed by atoms with Crippen LogP contribution in [-0.4, -0.2) is 0 Å². The van der Waals surface area contributed by atoms with Crippen molar-refractivity contribution in [3.8, 4) is 0 Å². The molecule has 2 saturated carbocycles. The molecule has 25 heavy (non-hydrogen) atoms. The first kappa shape index (κ1) is 29.8. The van der Waals surface area contributed by atoms with Crippen LogP contribution in [0.5, 0.6) is 0 Å². The summed E-state index contributed by atoms with van der Waals surface area (Å²) in [4.78, 5) is 0. The molecule has 0 heterocycles. The van der Waals surface area contributed by atoms with Gasteiger partial charge in [0.15, 0.2) is 0 Å². The van der Waals surface area contributed by atoms with Crippen LogP contribution in [-0.2, 0) is 0 Å². The highest BCUT2D eigenvalue weighted by Crippen LogP contribution is 2.26. The first-order valence-electron chi connectivity index (χ1n) is 12.1. The Bertz CT molecular complexity index is 157. The lowest BCUT2D eigenvalue weighted by atomic mass is 9.97. The maximum absolute atomic E-state index is 2.39. The van der Waals surface area contributed by atoms with Gasteiger partial charge in [-0.2, -0.15) is 0 Å². The molecule has 2 aliphatic carbocycles. The first-order valence-corrected chi connectivity index (χ1v) is 12.1.